The zero-order valence-electron chi connectivity index (χ0n) is 27.2. The SMILES string of the molecule is CN(C)CC1CCN(C(=O)C(Cc2ccccc2)N(Cc2ccc(-c3ccccn3)cc2)C(=O)C=Cc2ccc(C(F)(F)F)nc2)CC1. The lowest BCUT2D eigenvalue weighted by atomic mass is 9.94. The number of aromatic nitrogens is 2. The summed E-state index contributed by atoms with van der Waals surface area (Å²) in [6.07, 6.45) is 3.06. The maximum absolute atomic E-state index is 14.4. The Morgan fingerprint density at radius 2 is 1.60 bits per heavy atom. The summed E-state index contributed by atoms with van der Waals surface area (Å²) in [5.74, 6) is -0.0575. The first-order chi connectivity index (χ1) is 23.1. The van der Waals surface area contributed by atoms with Gasteiger partial charge in [-0.15, -0.1) is 0 Å². The van der Waals surface area contributed by atoms with Crippen LogP contribution in [0.15, 0.2) is 103 Å². The molecule has 1 unspecified atom stereocenters. The van der Waals surface area contributed by atoms with Gasteiger partial charge < -0.3 is 14.7 Å². The van der Waals surface area contributed by atoms with Crippen molar-refractivity contribution in [1.29, 1.82) is 0 Å². The molecule has 0 saturated carbocycles. The van der Waals surface area contributed by atoms with E-state index in [1.165, 1.54) is 18.2 Å². The van der Waals surface area contributed by atoms with Crippen molar-refractivity contribution in [2.75, 3.05) is 33.7 Å². The number of amides is 2. The quantitative estimate of drug-likeness (QED) is 0.170. The zero-order valence-corrected chi connectivity index (χ0v) is 27.2. The van der Waals surface area contributed by atoms with Crippen LogP contribution in [0.25, 0.3) is 17.3 Å². The van der Waals surface area contributed by atoms with Gasteiger partial charge in [0.2, 0.25) is 11.8 Å². The van der Waals surface area contributed by atoms with Crippen LogP contribution < -0.4 is 0 Å². The van der Waals surface area contributed by atoms with Gasteiger partial charge in [0.15, 0.2) is 0 Å². The van der Waals surface area contributed by atoms with Crippen LogP contribution in [-0.4, -0.2) is 76.3 Å². The van der Waals surface area contributed by atoms with Crippen molar-refractivity contribution in [2.45, 2.75) is 38.0 Å². The van der Waals surface area contributed by atoms with E-state index in [0.717, 1.165) is 54.0 Å². The van der Waals surface area contributed by atoms with Crippen molar-refractivity contribution in [3.8, 4) is 11.3 Å². The Morgan fingerprint density at radius 1 is 0.896 bits per heavy atom. The Kier molecular flexibility index (Phi) is 11.4. The summed E-state index contributed by atoms with van der Waals surface area (Å²) < 4.78 is 39.2. The minimum Gasteiger partial charge on any atom is -0.341 e. The highest BCUT2D eigenvalue weighted by atomic mass is 19.4. The lowest BCUT2D eigenvalue weighted by Crippen LogP contribution is -2.53. The van der Waals surface area contributed by atoms with Crippen molar-refractivity contribution in [3.63, 3.8) is 0 Å². The number of halogens is 3. The number of alkyl halides is 3. The molecule has 5 rings (SSSR count). The largest absolute Gasteiger partial charge is 0.433 e. The van der Waals surface area contributed by atoms with E-state index in [4.69, 9.17) is 0 Å². The van der Waals surface area contributed by atoms with Crippen LogP contribution in [0.4, 0.5) is 13.2 Å². The van der Waals surface area contributed by atoms with Crippen molar-refractivity contribution in [2.24, 2.45) is 5.92 Å². The summed E-state index contributed by atoms with van der Waals surface area (Å²) in [6, 6.07) is 24.3. The molecular formula is C38H40F3N5O2. The summed E-state index contributed by atoms with van der Waals surface area (Å²) in [4.78, 5) is 42.0. The number of carbonyl (C=O) groups excluding carboxylic acids is 2. The van der Waals surface area contributed by atoms with Crippen LogP contribution in [0.3, 0.4) is 0 Å². The molecule has 0 aliphatic carbocycles. The Balaban J connectivity index is 1.45. The van der Waals surface area contributed by atoms with E-state index in [-0.39, 0.29) is 12.5 Å². The van der Waals surface area contributed by atoms with Crippen LogP contribution >= 0.6 is 0 Å². The number of hydrogen-bond acceptors (Lipinski definition) is 5. The fourth-order valence-corrected chi connectivity index (χ4v) is 6.02. The molecule has 1 atom stereocenters. The summed E-state index contributed by atoms with van der Waals surface area (Å²) in [5.41, 5.74) is 2.81. The third-order valence-electron chi connectivity index (χ3n) is 8.53. The summed E-state index contributed by atoms with van der Waals surface area (Å²) >= 11 is 0. The number of nitrogens with zero attached hydrogens (tertiary/aromatic N) is 5. The molecule has 0 radical (unpaired) electrons. The van der Waals surface area contributed by atoms with Gasteiger partial charge in [-0.2, -0.15) is 13.2 Å². The number of benzene rings is 2. The van der Waals surface area contributed by atoms with Gasteiger partial charge in [-0.1, -0.05) is 66.7 Å². The molecule has 3 heterocycles. The first-order valence-corrected chi connectivity index (χ1v) is 16.1. The topological polar surface area (TPSA) is 69.6 Å². The molecule has 2 aromatic carbocycles. The van der Waals surface area contributed by atoms with E-state index in [0.29, 0.717) is 31.0 Å². The van der Waals surface area contributed by atoms with E-state index in [9.17, 15) is 22.8 Å². The molecular weight excluding hydrogens is 615 g/mol. The normalized spacial score (nSPS) is 14.8. The van der Waals surface area contributed by atoms with E-state index < -0.39 is 23.8 Å². The maximum Gasteiger partial charge on any atom is 0.433 e. The van der Waals surface area contributed by atoms with Gasteiger partial charge in [0, 0.05) is 56.6 Å². The number of piperidine rings is 1. The van der Waals surface area contributed by atoms with Gasteiger partial charge in [0.25, 0.3) is 0 Å². The molecule has 2 amide bonds. The minimum atomic E-state index is -4.56. The average molecular weight is 656 g/mol. The molecule has 7 nitrogen and oxygen atoms in total. The van der Waals surface area contributed by atoms with Gasteiger partial charge in [-0.25, -0.2) is 0 Å². The fourth-order valence-electron chi connectivity index (χ4n) is 6.02. The molecule has 1 aliphatic rings. The van der Waals surface area contributed by atoms with Gasteiger partial charge in [-0.3, -0.25) is 19.6 Å². The van der Waals surface area contributed by atoms with Crippen LogP contribution in [0, 0.1) is 5.92 Å². The molecule has 1 saturated heterocycles. The molecule has 0 bridgehead atoms. The Bertz CT molecular complexity index is 1650. The van der Waals surface area contributed by atoms with Crippen molar-refractivity contribution >= 4 is 17.9 Å². The lowest BCUT2D eigenvalue weighted by Gasteiger charge is -2.38. The third-order valence-corrected chi connectivity index (χ3v) is 8.53. The second-order valence-electron chi connectivity index (χ2n) is 12.4. The van der Waals surface area contributed by atoms with Crippen LogP contribution in [-0.2, 0) is 28.7 Å². The highest BCUT2D eigenvalue weighted by Gasteiger charge is 2.35. The molecule has 1 aliphatic heterocycles. The minimum absolute atomic E-state index is 0.120. The van der Waals surface area contributed by atoms with Crippen LogP contribution in [0.1, 0.15) is 35.2 Å². The second kappa shape index (κ2) is 15.8. The Labute approximate surface area is 279 Å². The average Bonchev–Trinajstić information content (AvgIpc) is 3.09. The van der Waals surface area contributed by atoms with Crippen LogP contribution in [0.2, 0.25) is 0 Å². The van der Waals surface area contributed by atoms with Gasteiger partial charge in [0.05, 0.1) is 5.69 Å². The predicted octanol–water partition coefficient (Wildman–Crippen LogP) is 6.62. The van der Waals surface area contributed by atoms with Gasteiger partial charge in [0.1, 0.15) is 11.7 Å². The number of likely N-dealkylation sites (tertiary alicyclic amines) is 1. The standard InChI is InChI=1S/C38H40F3N5O2/c1-44(2)26-31-19-22-45(23-20-31)37(48)34(24-28-8-4-3-5-9-28)46(27-30-11-15-32(16-12-30)33-10-6-7-21-42-33)36(47)18-14-29-13-17-35(43-25-29)38(39,40)41/h3-18,21,25,31,34H,19-20,22-24,26-27H2,1-2H3. The summed E-state index contributed by atoms with van der Waals surface area (Å²) in [6.45, 7) is 2.32. The molecule has 0 spiro atoms. The van der Waals surface area contributed by atoms with Crippen LogP contribution in [0.5, 0.6) is 0 Å². The maximum atomic E-state index is 14.4. The number of pyridine rings is 2. The first kappa shape index (κ1) is 34.5. The highest BCUT2D eigenvalue weighted by molar-refractivity contribution is 5.95. The second-order valence-corrected chi connectivity index (χ2v) is 12.4. The predicted molar refractivity (Wildman–Crippen MR) is 180 cm³/mol. The molecule has 0 N–H and O–H groups in total. The monoisotopic (exact) mass is 655 g/mol. The molecule has 10 heteroatoms. The molecule has 4 aromatic rings. The Hall–Kier alpha value is -4.83. The number of rotatable bonds is 11. The van der Waals surface area contributed by atoms with Gasteiger partial charge in [-0.05, 0) is 73.8 Å². The van der Waals surface area contributed by atoms with Crippen molar-refractivity contribution < 1.29 is 22.8 Å². The molecule has 250 valence electrons. The van der Waals surface area contributed by atoms with Crippen molar-refractivity contribution in [1.82, 2.24) is 24.7 Å². The number of hydrogen-bond donors (Lipinski definition) is 0. The first-order valence-electron chi connectivity index (χ1n) is 16.1. The summed E-state index contributed by atoms with van der Waals surface area (Å²) in [7, 11) is 4.10. The zero-order chi connectivity index (χ0) is 34.1. The van der Waals surface area contributed by atoms with Gasteiger partial charge >= 0.3 is 6.18 Å². The van der Waals surface area contributed by atoms with E-state index in [1.807, 2.05) is 91.8 Å². The third kappa shape index (κ3) is 9.38. The lowest BCUT2D eigenvalue weighted by molar-refractivity contribution is -0.145. The number of carbonyl (C=O) groups is 2. The molecule has 2 aromatic heterocycles. The van der Waals surface area contributed by atoms with Crippen molar-refractivity contribution in [3.05, 3.63) is 126 Å². The van der Waals surface area contributed by atoms with E-state index in [2.05, 4.69) is 14.9 Å². The highest BCUT2D eigenvalue weighted by Crippen LogP contribution is 2.28. The fraction of sp³-hybridized carbons (Fsp3) is 0.316. The summed E-state index contributed by atoms with van der Waals surface area (Å²) in [5, 5.41) is 0. The van der Waals surface area contributed by atoms with E-state index >= 15 is 0 Å². The molecule has 1 fully saturated rings. The smallest absolute Gasteiger partial charge is 0.341 e. The van der Waals surface area contributed by atoms with E-state index in [1.54, 1.807) is 11.1 Å². The Morgan fingerprint density at radius 3 is 2.21 bits per heavy atom. The molecule has 48 heavy (non-hydrogen) atoms.